The Bertz CT molecular complexity index is 833. The Morgan fingerprint density at radius 2 is 1.96 bits per heavy atom. The van der Waals surface area contributed by atoms with Gasteiger partial charge in [0.1, 0.15) is 0 Å². The van der Waals surface area contributed by atoms with Gasteiger partial charge in [-0.1, -0.05) is 30.3 Å². The molecule has 1 unspecified atom stereocenters. The van der Waals surface area contributed by atoms with Gasteiger partial charge in [-0.25, -0.2) is 4.39 Å². The topological polar surface area (TPSA) is 69.8 Å². The number of nitro benzene ring substituents is 1. The third-order valence-electron chi connectivity index (χ3n) is 4.93. The fraction of sp³-hybridized carbons (Fsp3) is 0.368. The maximum absolute atomic E-state index is 14.6. The molecule has 0 radical (unpaired) electrons. The van der Waals surface area contributed by atoms with Gasteiger partial charge >= 0.3 is 5.69 Å². The maximum Gasteiger partial charge on any atom is 0.308 e. The summed E-state index contributed by atoms with van der Waals surface area (Å²) in [6.07, 6.45) is 0. The third kappa shape index (κ3) is 3.91. The van der Waals surface area contributed by atoms with Crippen molar-refractivity contribution in [2.45, 2.75) is 26.1 Å². The first-order valence-corrected chi connectivity index (χ1v) is 8.71. The van der Waals surface area contributed by atoms with Crippen LogP contribution >= 0.6 is 0 Å². The minimum atomic E-state index is -1.18. The fourth-order valence-corrected chi connectivity index (χ4v) is 3.52. The minimum absolute atomic E-state index is 0.0585. The highest BCUT2D eigenvalue weighted by Gasteiger charge is 2.31. The summed E-state index contributed by atoms with van der Waals surface area (Å²) in [4.78, 5) is 13.8. The summed E-state index contributed by atoms with van der Waals surface area (Å²) in [6, 6.07) is 10.6. The number of hydrogen-bond donors (Lipinski definition) is 1. The summed E-state index contributed by atoms with van der Waals surface area (Å²) in [5, 5.41) is 20.4. The molecular formula is C19H21F2N3O3. The fourth-order valence-electron chi connectivity index (χ4n) is 3.52. The zero-order chi connectivity index (χ0) is 19.6. The highest BCUT2D eigenvalue weighted by atomic mass is 19.1. The van der Waals surface area contributed by atoms with Crippen molar-refractivity contribution in [1.29, 1.82) is 0 Å². The Balaban J connectivity index is 1.83. The van der Waals surface area contributed by atoms with E-state index in [2.05, 4.69) is 4.90 Å². The Labute approximate surface area is 155 Å². The first-order valence-electron chi connectivity index (χ1n) is 8.71. The van der Waals surface area contributed by atoms with Crippen LogP contribution in [0.1, 0.15) is 18.1 Å². The minimum Gasteiger partial charge on any atom is -0.391 e. The molecule has 1 heterocycles. The van der Waals surface area contributed by atoms with Gasteiger partial charge in [0, 0.05) is 37.8 Å². The van der Waals surface area contributed by atoms with E-state index in [0.29, 0.717) is 25.7 Å². The predicted molar refractivity (Wildman–Crippen MR) is 97.5 cm³/mol. The highest BCUT2D eigenvalue weighted by molar-refractivity contribution is 5.60. The third-order valence-corrected chi connectivity index (χ3v) is 4.93. The van der Waals surface area contributed by atoms with Gasteiger partial charge in [-0.05, 0) is 12.5 Å². The van der Waals surface area contributed by atoms with Crippen molar-refractivity contribution in [3.05, 3.63) is 69.3 Å². The van der Waals surface area contributed by atoms with Crippen LogP contribution in [-0.4, -0.2) is 40.6 Å². The van der Waals surface area contributed by atoms with Crippen molar-refractivity contribution < 1.29 is 18.8 Å². The number of hydrogen-bond acceptors (Lipinski definition) is 5. The highest BCUT2D eigenvalue weighted by Crippen LogP contribution is 2.34. The second-order valence-electron chi connectivity index (χ2n) is 6.68. The van der Waals surface area contributed by atoms with Crippen molar-refractivity contribution in [2.75, 3.05) is 24.5 Å². The van der Waals surface area contributed by atoms with E-state index in [1.807, 2.05) is 37.3 Å². The van der Waals surface area contributed by atoms with E-state index in [1.165, 1.54) is 5.56 Å². The lowest BCUT2D eigenvalue weighted by atomic mass is 10.1. The number of piperazine rings is 1. The number of aliphatic hydroxyl groups is 1. The largest absolute Gasteiger partial charge is 0.391 e. The van der Waals surface area contributed by atoms with Crippen LogP contribution in [-0.2, 0) is 13.2 Å². The van der Waals surface area contributed by atoms with E-state index in [9.17, 15) is 24.0 Å². The molecule has 2 aromatic rings. The zero-order valence-electron chi connectivity index (χ0n) is 14.9. The van der Waals surface area contributed by atoms with Gasteiger partial charge in [-0.15, -0.1) is 0 Å². The summed E-state index contributed by atoms with van der Waals surface area (Å²) < 4.78 is 28.9. The first-order chi connectivity index (χ1) is 12.9. The number of rotatable bonds is 5. The summed E-state index contributed by atoms with van der Waals surface area (Å²) in [5.41, 5.74) is -0.255. The van der Waals surface area contributed by atoms with Gasteiger partial charge in [0.15, 0.2) is 5.82 Å². The van der Waals surface area contributed by atoms with Crippen LogP contribution in [0.5, 0.6) is 0 Å². The summed E-state index contributed by atoms with van der Waals surface area (Å²) in [5.74, 6) is -2.07. The number of aliphatic hydroxyl groups excluding tert-OH is 1. The number of nitrogens with zero attached hydrogens (tertiary/aromatic N) is 3. The Morgan fingerprint density at radius 1 is 1.26 bits per heavy atom. The molecule has 0 spiro atoms. The number of benzene rings is 2. The van der Waals surface area contributed by atoms with Crippen molar-refractivity contribution >= 4 is 11.4 Å². The molecule has 0 aliphatic carbocycles. The normalized spacial score (nSPS) is 17.9. The van der Waals surface area contributed by atoms with Gasteiger partial charge in [-0.2, -0.15) is 4.39 Å². The molecule has 1 aliphatic heterocycles. The van der Waals surface area contributed by atoms with Gasteiger partial charge < -0.3 is 10.0 Å². The molecule has 1 saturated heterocycles. The van der Waals surface area contributed by atoms with E-state index in [1.54, 1.807) is 4.90 Å². The number of anilines is 1. The number of halogens is 2. The smallest absolute Gasteiger partial charge is 0.308 e. The van der Waals surface area contributed by atoms with E-state index < -0.39 is 28.9 Å². The van der Waals surface area contributed by atoms with Crippen LogP contribution in [0.15, 0.2) is 36.4 Å². The van der Waals surface area contributed by atoms with Crippen LogP contribution < -0.4 is 4.90 Å². The lowest BCUT2D eigenvalue weighted by molar-refractivity contribution is -0.387. The molecule has 8 heteroatoms. The van der Waals surface area contributed by atoms with E-state index in [-0.39, 0.29) is 17.3 Å². The lowest BCUT2D eigenvalue weighted by Crippen LogP contribution is -2.52. The van der Waals surface area contributed by atoms with Crippen molar-refractivity contribution in [3.63, 3.8) is 0 Å². The second-order valence-corrected chi connectivity index (χ2v) is 6.68. The molecule has 1 atom stereocenters. The van der Waals surface area contributed by atoms with Crippen LogP contribution in [0, 0.1) is 21.7 Å². The van der Waals surface area contributed by atoms with Crippen LogP contribution in [0.25, 0.3) is 0 Å². The van der Waals surface area contributed by atoms with E-state index in [0.717, 1.165) is 6.54 Å². The molecule has 6 nitrogen and oxygen atoms in total. The molecule has 0 saturated carbocycles. The lowest BCUT2D eigenvalue weighted by Gasteiger charge is -2.41. The standard InChI is InChI=1S/C19H21F2N3O3/c1-13-10-23(8-7-22(13)11-14-5-3-2-4-6-14)19-15(12-25)18(21)17(24(26)27)9-16(19)20/h2-6,9,13,25H,7-8,10-12H2,1H3. The van der Waals surface area contributed by atoms with Crippen molar-refractivity contribution in [1.82, 2.24) is 4.90 Å². The molecule has 1 aliphatic rings. The molecular weight excluding hydrogens is 356 g/mol. The predicted octanol–water partition coefficient (Wildman–Crippen LogP) is 3.08. The number of nitro groups is 1. The average molecular weight is 377 g/mol. The Morgan fingerprint density at radius 3 is 2.56 bits per heavy atom. The molecule has 1 fully saturated rings. The first kappa shape index (κ1) is 19.2. The molecule has 27 heavy (non-hydrogen) atoms. The van der Waals surface area contributed by atoms with Crippen LogP contribution in [0.2, 0.25) is 0 Å². The SMILES string of the molecule is CC1CN(c2c(F)cc([N+](=O)[O-])c(F)c2CO)CCN1Cc1ccccc1. The molecule has 0 amide bonds. The monoisotopic (exact) mass is 377 g/mol. The second kappa shape index (κ2) is 7.98. The maximum atomic E-state index is 14.6. The molecule has 0 aromatic heterocycles. The van der Waals surface area contributed by atoms with E-state index >= 15 is 0 Å². The average Bonchev–Trinajstić information content (AvgIpc) is 2.65. The van der Waals surface area contributed by atoms with Gasteiger partial charge in [0.25, 0.3) is 0 Å². The van der Waals surface area contributed by atoms with Gasteiger partial charge in [0.2, 0.25) is 5.82 Å². The summed E-state index contributed by atoms with van der Waals surface area (Å²) >= 11 is 0. The van der Waals surface area contributed by atoms with Crippen LogP contribution in [0.3, 0.4) is 0 Å². The van der Waals surface area contributed by atoms with Crippen molar-refractivity contribution in [2.24, 2.45) is 0 Å². The summed E-state index contributed by atoms with van der Waals surface area (Å²) in [7, 11) is 0. The van der Waals surface area contributed by atoms with Gasteiger partial charge in [0.05, 0.1) is 23.3 Å². The molecule has 2 aromatic carbocycles. The van der Waals surface area contributed by atoms with Crippen LogP contribution in [0.4, 0.5) is 20.2 Å². The Kier molecular flexibility index (Phi) is 5.67. The quantitative estimate of drug-likeness (QED) is 0.641. The molecule has 1 N–H and O–H groups in total. The molecule has 0 bridgehead atoms. The van der Waals surface area contributed by atoms with Crippen molar-refractivity contribution in [3.8, 4) is 0 Å². The van der Waals surface area contributed by atoms with Gasteiger partial charge in [-0.3, -0.25) is 15.0 Å². The molecule has 144 valence electrons. The van der Waals surface area contributed by atoms with E-state index in [4.69, 9.17) is 0 Å². The zero-order valence-corrected chi connectivity index (χ0v) is 14.9. The molecule has 3 rings (SSSR count). The Hall–Kier alpha value is -2.58. The summed E-state index contributed by atoms with van der Waals surface area (Å²) in [6.45, 7) is 3.41.